The number of fused-ring (bicyclic) bond motifs is 5. The molecule has 5 rings (SSSR count). The Bertz CT molecular complexity index is 675. The van der Waals surface area contributed by atoms with Gasteiger partial charge in [-0.15, -0.1) is 0 Å². The molecular formula is C21H30N2O3. The van der Waals surface area contributed by atoms with Gasteiger partial charge in [0.15, 0.2) is 0 Å². The fourth-order valence-corrected chi connectivity index (χ4v) is 4.95. The zero-order chi connectivity index (χ0) is 18.1. The summed E-state index contributed by atoms with van der Waals surface area (Å²) in [5.74, 6) is 1.46. The lowest BCUT2D eigenvalue weighted by Gasteiger charge is -2.35. The van der Waals surface area contributed by atoms with E-state index in [0.29, 0.717) is 25.1 Å². The number of piperidine rings is 1. The third-order valence-electron chi connectivity index (χ3n) is 6.29. The predicted octanol–water partition coefficient (Wildman–Crippen LogP) is 2.25. The highest BCUT2D eigenvalue weighted by molar-refractivity contribution is 5.80. The van der Waals surface area contributed by atoms with Gasteiger partial charge in [-0.05, 0) is 49.3 Å². The summed E-state index contributed by atoms with van der Waals surface area (Å²) < 4.78 is 10.9. The second kappa shape index (κ2) is 7.57. The number of hydrogen-bond acceptors (Lipinski definition) is 4. The molecule has 0 saturated carbocycles. The van der Waals surface area contributed by atoms with E-state index < -0.39 is 0 Å². The normalized spacial score (nSPS) is 25.5. The molecule has 3 aliphatic heterocycles. The number of ether oxygens (including phenoxy) is 2. The van der Waals surface area contributed by atoms with Crippen molar-refractivity contribution in [3.05, 3.63) is 28.8 Å². The number of nitrogens with zero attached hydrogens (tertiary/aromatic N) is 2. The van der Waals surface area contributed by atoms with Crippen molar-refractivity contribution in [3.63, 3.8) is 0 Å². The molecule has 1 aromatic carbocycles. The van der Waals surface area contributed by atoms with E-state index in [1.165, 1.54) is 36.0 Å². The van der Waals surface area contributed by atoms with Crippen LogP contribution in [0, 0.1) is 5.92 Å². The van der Waals surface area contributed by atoms with Crippen LogP contribution in [0.15, 0.2) is 12.1 Å². The van der Waals surface area contributed by atoms with Gasteiger partial charge in [0.25, 0.3) is 0 Å². The van der Waals surface area contributed by atoms with Crippen molar-refractivity contribution in [2.45, 2.75) is 44.7 Å². The first-order chi connectivity index (χ1) is 12.7. The Morgan fingerprint density at radius 1 is 1.12 bits per heavy atom. The first kappa shape index (κ1) is 17.8. The van der Waals surface area contributed by atoms with Gasteiger partial charge in [-0.2, -0.15) is 0 Å². The molecule has 1 amide bonds. The standard InChI is InChI=1S/C21H30N2O3/c1-25-9-8-23-19-7-6-17(21(23)24)12-22(14-19)13-18-10-15-4-3-5-16(15)11-20(18)26-2/h10-11,17,19H,3-9,12-14H2,1-2H3/t17-,19+/m1/s1. The van der Waals surface area contributed by atoms with Crippen LogP contribution in [0.25, 0.3) is 0 Å². The molecule has 5 nitrogen and oxygen atoms in total. The van der Waals surface area contributed by atoms with E-state index in [9.17, 15) is 4.79 Å². The molecule has 5 heteroatoms. The molecule has 1 aliphatic carbocycles. The van der Waals surface area contributed by atoms with Gasteiger partial charge in [0.2, 0.25) is 5.91 Å². The Balaban J connectivity index is 1.52. The summed E-state index contributed by atoms with van der Waals surface area (Å²) in [6.07, 6.45) is 5.73. The Labute approximate surface area is 156 Å². The Morgan fingerprint density at radius 2 is 1.92 bits per heavy atom. The van der Waals surface area contributed by atoms with E-state index >= 15 is 0 Å². The van der Waals surface area contributed by atoms with Crippen LogP contribution < -0.4 is 4.74 Å². The van der Waals surface area contributed by atoms with Crippen molar-refractivity contribution in [2.24, 2.45) is 5.92 Å². The molecule has 3 fully saturated rings. The number of rotatable bonds is 6. The van der Waals surface area contributed by atoms with Crippen molar-refractivity contribution in [2.75, 3.05) is 40.5 Å². The second-order valence-corrected chi connectivity index (χ2v) is 7.93. The lowest BCUT2D eigenvalue weighted by Crippen LogP contribution is -2.49. The smallest absolute Gasteiger partial charge is 0.227 e. The minimum absolute atomic E-state index is 0.131. The summed E-state index contributed by atoms with van der Waals surface area (Å²) in [5, 5.41) is 0. The number of hydrogen-bond donors (Lipinski definition) is 0. The molecule has 142 valence electrons. The minimum atomic E-state index is 0.131. The molecule has 0 aromatic heterocycles. The fourth-order valence-electron chi connectivity index (χ4n) is 4.95. The van der Waals surface area contributed by atoms with Crippen LogP contribution in [0.1, 0.15) is 36.0 Å². The van der Waals surface area contributed by atoms with Crippen LogP contribution in [-0.4, -0.2) is 62.2 Å². The predicted molar refractivity (Wildman–Crippen MR) is 100 cm³/mol. The number of carbonyl (C=O) groups excluding carboxylic acids is 1. The van der Waals surface area contributed by atoms with Gasteiger partial charge in [-0.25, -0.2) is 0 Å². The summed E-state index contributed by atoms with van der Waals surface area (Å²) in [5.41, 5.74) is 4.20. The highest BCUT2D eigenvalue weighted by Crippen LogP contribution is 2.33. The van der Waals surface area contributed by atoms with Gasteiger partial charge in [-0.1, -0.05) is 6.07 Å². The molecule has 2 bridgehead atoms. The van der Waals surface area contributed by atoms with Crippen LogP contribution in [-0.2, 0) is 28.9 Å². The van der Waals surface area contributed by atoms with Crippen LogP contribution >= 0.6 is 0 Å². The van der Waals surface area contributed by atoms with E-state index in [2.05, 4.69) is 21.9 Å². The highest BCUT2D eigenvalue weighted by Gasteiger charge is 2.40. The van der Waals surface area contributed by atoms with Gasteiger partial charge in [0, 0.05) is 44.9 Å². The van der Waals surface area contributed by atoms with E-state index in [-0.39, 0.29) is 5.92 Å². The molecule has 1 aromatic rings. The summed E-state index contributed by atoms with van der Waals surface area (Å²) in [6.45, 7) is 4.01. The first-order valence-corrected chi connectivity index (χ1v) is 9.90. The first-order valence-electron chi connectivity index (χ1n) is 9.90. The molecule has 3 saturated heterocycles. The van der Waals surface area contributed by atoms with Gasteiger partial charge in [0.05, 0.1) is 19.6 Å². The lowest BCUT2D eigenvalue weighted by molar-refractivity contribution is -0.140. The monoisotopic (exact) mass is 358 g/mol. The number of aryl methyl sites for hydroxylation is 2. The Hall–Kier alpha value is -1.59. The van der Waals surface area contributed by atoms with Crippen LogP contribution in [0.3, 0.4) is 0 Å². The van der Waals surface area contributed by atoms with Crippen molar-refractivity contribution in [3.8, 4) is 5.75 Å². The Kier molecular flexibility index (Phi) is 5.18. The fraction of sp³-hybridized carbons (Fsp3) is 0.667. The summed E-state index contributed by atoms with van der Waals surface area (Å²) in [7, 11) is 3.47. The molecule has 0 unspecified atom stereocenters. The van der Waals surface area contributed by atoms with Crippen LogP contribution in [0.2, 0.25) is 0 Å². The zero-order valence-electron chi connectivity index (χ0n) is 16.0. The van der Waals surface area contributed by atoms with Gasteiger partial charge in [-0.3, -0.25) is 9.69 Å². The van der Waals surface area contributed by atoms with Crippen LogP contribution in [0.4, 0.5) is 0 Å². The molecule has 3 heterocycles. The molecule has 4 aliphatic rings. The number of methoxy groups -OCH3 is 2. The summed E-state index contributed by atoms with van der Waals surface area (Å²) in [6, 6.07) is 4.90. The van der Waals surface area contributed by atoms with E-state index in [4.69, 9.17) is 9.47 Å². The van der Waals surface area contributed by atoms with Gasteiger partial charge < -0.3 is 14.4 Å². The SMILES string of the molecule is COCCN1C(=O)[C@@H]2CC[C@H]1CN(Cc1cc3c(cc1OC)CCC3)C2. The second-order valence-electron chi connectivity index (χ2n) is 7.93. The number of amides is 1. The number of carbonyl (C=O) groups is 1. The molecule has 0 radical (unpaired) electrons. The van der Waals surface area contributed by atoms with E-state index in [1.54, 1.807) is 14.2 Å². The summed E-state index contributed by atoms with van der Waals surface area (Å²) in [4.78, 5) is 17.3. The molecule has 26 heavy (non-hydrogen) atoms. The average molecular weight is 358 g/mol. The average Bonchev–Trinajstić information content (AvgIpc) is 2.94. The molecule has 0 N–H and O–H groups in total. The topological polar surface area (TPSA) is 42.0 Å². The Morgan fingerprint density at radius 3 is 2.69 bits per heavy atom. The van der Waals surface area contributed by atoms with Crippen LogP contribution in [0.5, 0.6) is 5.75 Å². The maximum absolute atomic E-state index is 12.8. The molecule has 0 spiro atoms. The highest BCUT2D eigenvalue weighted by atomic mass is 16.5. The third-order valence-corrected chi connectivity index (χ3v) is 6.29. The van der Waals surface area contributed by atoms with E-state index in [1.807, 2.05) is 0 Å². The zero-order valence-corrected chi connectivity index (χ0v) is 16.0. The quantitative estimate of drug-likeness (QED) is 0.782. The molecule has 2 atom stereocenters. The maximum Gasteiger partial charge on any atom is 0.227 e. The third kappa shape index (κ3) is 3.35. The van der Waals surface area contributed by atoms with Gasteiger partial charge >= 0.3 is 0 Å². The maximum atomic E-state index is 12.8. The van der Waals surface area contributed by atoms with Crippen molar-refractivity contribution in [1.82, 2.24) is 9.80 Å². The minimum Gasteiger partial charge on any atom is -0.496 e. The van der Waals surface area contributed by atoms with Crippen molar-refractivity contribution in [1.29, 1.82) is 0 Å². The van der Waals surface area contributed by atoms with E-state index in [0.717, 1.165) is 38.2 Å². The summed E-state index contributed by atoms with van der Waals surface area (Å²) >= 11 is 0. The van der Waals surface area contributed by atoms with Crippen molar-refractivity contribution >= 4 is 5.91 Å². The van der Waals surface area contributed by atoms with Crippen molar-refractivity contribution < 1.29 is 14.3 Å². The molecular weight excluding hydrogens is 328 g/mol. The largest absolute Gasteiger partial charge is 0.496 e. The lowest BCUT2D eigenvalue weighted by atomic mass is 9.94. The number of benzene rings is 1. The van der Waals surface area contributed by atoms with Gasteiger partial charge in [0.1, 0.15) is 5.75 Å².